The smallest absolute Gasteiger partial charge is 0.179 e. The van der Waals surface area contributed by atoms with Crippen molar-refractivity contribution >= 4 is 15.7 Å². The summed E-state index contributed by atoms with van der Waals surface area (Å²) in [5.41, 5.74) is 0.834. The number of aromatic nitrogens is 1. The number of anilines is 1. The number of sulfone groups is 1. The van der Waals surface area contributed by atoms with Crippen LogP contribution in [0.1, 0.15) is 25.0 Å². The number of nitrogens with one attached hydrogen (secondary N) is 1. The molecule has 1 aromatic carbocycles. The van der Waals surface area contributed by atoms with Crippen LogP contribution in [0.5, 0.6) is 0 Å². The topological polar surface area (TPSA) is 79.3 Å². The van der Waals surface area contributed by atoms with Gasteiger partial charge < -0.3 is 10.4 Å². The Labute approximate surface area is 131 Å². The van der Waals surface area contributed by atoms with Gasteiger partial charge in [0.1, 0.15) is 10.7 Å². The summed E-state index contributed by atoms with van der Waals surface area (Å²) in [6.45, 7) is 1.88. The van der Waals surface area contributed by atoms with E-state index < -0.39 is 15.9 Å². The Morgan fingerprint density at radius 3 is 2.50 bits per heavy atom. The van der Waals surface area contributed by atoms with Crippen LogP contribution in [0.25, 0.3) is 0 Å². The first kappa shape index (κ1) is 16.5. The highest BCUT2D eigenvalue weighted by Gasteiger charge is 2.17. The second-order valence-corrected chi connectivity index (χ2v) is 7.31. The van der Waals surface area contributed by atoms with Crippen LogP contribution in [0.2, 0.25) is 0 Å². The lowest BCUT2D eigenvalue weighted by Crippen LogP contribution is -2.21. The van der Waals surface area contributed by atoms with Gasteiger partial charge in [-0.1, -0.05) is 30.3 Å². The molecule has 0 aliphatic rings. The lowest BCUT2D eigenvalue weighted by Gasteiger charge is -2.19. The predicted octanol–water partition coefficient (Wildman–Crippen LogP) is 2.41. The Kier molecular flexibility index (Phi) is 5.15. The molecule has 0 saturated carbocycles. The predicted molar refractivity (Wildman–Crippen MR) is 86.5 cm³/mol. The molecule has 0 amide bonds. The van der Waals surface area contributed by atoms with Crippen molar-refractivity contribution in [3.05, 3.63) is 54.2 Å². The molecule has 0 aliphatic carbocycles. The Balaban J connectivity index is 2.09. The summed E-state index contributed by atoms with van der Waals surface area (Å²) in [5.74, 6) is 0.317. The van der Waals surface area contributed by atoms with E-state index in [1.165, 1.54) is 12.3 Å². The monoisotopic (exact) mass is 320 g/mol. The van der Waals surface area contributed by atoms with Gasteiger partial charge in [0.25, 0.3) is 0 Å². The third kappa shape index (κ3) is 4.29. The molecule has 0 spiro atoms. The van der Waals surface area contributed by atoms with Crippen LogP contribution in [0.3, 0.4) is 0 Å². The summed E-state index contributed by atoms with van der Waals surface area (Å²) >= 11 is 0. The van der Waals surface area contributed by atoms with Crippen LogP contribution in [0.15, 0.2) is 53.6 Å². The van der Waals surface area contributed by atoms with Gasteiger partial charge in [-0.05, 0) is 31.0 Å². The number of benzene rings is 1. The molecule has 22 heavy (non-hydrogen) atoms. The van der Waals surface area contributed by atoms with E-state index in [0.29, 0.717) is 12.2 Å². The van der Waals surface area contributed by atoms with Crippen LogP contribution in [-0.4, -0.2) is 30.8 Å². The number of nitrogens with zero attached hydrogens (tertiary/aromatic N) is 1. The minimum atomic E-state index is -3.35. The minimum Gasteiger partial charge on any atom is -0.388 e. The van der Waals surface area contributed by atoms with E-state index in [0.717, 1.165) is 11.8 Å². The van der Waals surface area contributed by atoms with Crippen LogP contribution >= 0.6 is 0 Å². The zero-order valence-electron chi connectivity index (χ0n) is 12.6. The third-order valence-electron chi connectivity index (χ3n) is 3.31. The molecule has 0 saturated heterocycles. The van der Waals surface area contributed by atoms with E-state index in [1.54, 1.807) is 6.07 Å². The number of hydrogen-bond donors (Lipinski definition) is 2. The Hall–Kier alpha value is -1.92. The number of pyridine rings is 1. The second-order valence-electron chi connectivity index (χ2n) is 5.33. The molecule has 118 valence electrons. The molecule has 0 fully saturated rings. The van der Waals surface area contributed by atoms with Gasteiger partial charge in [0.2, 0.25) is 0 Å². The Morgan fingerprint density at radius 2 is 1.86 bits per heavy atom. The summed E-state index contributed by atoms with van der Waals surface area (Å²) in [5, 5.41) is 13.3. The maximum atomic E-state index is 11.7. The van der Waals surface area contributed by atoms with Crippen LogP contribution < -0.4 is 5.32 Å². The van der Waals surface area contributed by atoms with Gasteiger partial charge in [-0.15, -0.1) is 0 Å². The molecule has 2 atom stereocenters. The molecule has 1 heterocycles. The van der Waals surface area contributed by atoms with Crippen molar-refractivity contribution in [2.24, 2.45) is 0 Å². The summed E-state index contributed by atoms with van der Waals surface area (Å²) in [7, 11) is -3.35. The van der Waals surface area contributed by atoms with Crippen molar-refractivity contribution in [3.8, 4) is 0 Å². The van der Waals surface area contributed by atoms with Crippen LogP contribution in [0, 0.1) is 0 Å². The number of aliphatic hydroxyl groups excluding tert-OH is 1. The van der Waals surface area contributed by atoms with E-state index in [2.05, 4.69) is 10.3 Å². The highest BCUT2D eigenvalue weighted by molar-refractivity contribution is 7.90. The van der Waals surface area contributed by atoms with E-state index in [4.69, 9.17) is 0 Å². The molecule has 6 heteroatoms. The molecular formula is C16H20N2O3S. The first-order chi connectivity index (χ1) is 10.4. The van der Waals surface area contributed by atoms with Gasteiger partial charge in [-0.2, -0.15) is 0 Å². The number of hydrogen-bond acceptors (Lipinski definition) is 5. The van der Waals surface area contributed by atoms with Crippen molar-refractivity contribution < 1.29 is 13.5 Å². The standard InChI is InChI=1S/C16H20N2O3S/c1-12(11-14(19)13-7-4-3-5-8-13)18-16-15(22(2,20)21)9-6-10-17-16/h3-10,12,14,19H,11H2,1-2H3,(H,17,18). The zero-order valence-corrected chi connectivity index (χ0v) is 13.4. The highest BCUT2D eigenvalue weighted by atomic mass is 32.2. The molecule has 2 aromatic rings. The van der Waals surface area contributed by atoms with E-state index in [-0.39, 0.29) is 10.9 Å². The van der Waals surface area contributed by atoms with E-state index in [9.17, 15) is 13.5 Å². The second kappa shape index (κ2) is 6.89. The van der Waals surface area contributed by atoms with Crippen LogP contribution in [-0.2, 0) is 9.84 Å². The Morgan fingerprint density at radius 1 is 1.18 bits per heavy atom. The fourth-order valence-electron chi connectivity index (χ4n) is 2.24. The SMILES string of the molecule is CC(CC(O)c1ccccc1)Nc1ncccc1S(C)(=O)=O. The van der Waals surface area contributed by atoms with Crippen molar-refractivity contribution in [1.82, 2.24) is 4.98 Å². The number of rotatable bonds is 6. The normalized spacial score (nSPS) is 14.3. The summed E-state index contributed by atoms with van der Waals surface area (Å²) < 4.78 is 23.5. The average Bonchev–Trinajstić information content (AvgIpc) is 2.47. The van der Waals surface area contributed by atoms with Crippen molar-refractivity contribution in [2.45, 2.75) is 30.4 Å². The van der Waals surface area contributed by atoms with Crippen molar-refractivity contribution in [1.29, 1.82) is 0 Å². The summed E-state index contributed by atoms with van der Waals surface area (Å²) in [6, 6.07) is 12.3. The quantitative estimate of drug-likeness (QED) is 0.854. The fourth-order valence-corrected chi connectivity index (χ4v) is 3.03. The van der Waals surface area contributed by atoms with Gasteiger partial charge in [0.15, 0.2) is 9.84 Å². The number of aliphatic hydroxyl groups is 1. The van der Waals surface area contributed by atoms with Gasteiger partial charge in [-0.3, -0.25) is 0 Å². The molecule has 1 aromatic heterocycles. The minimum absolute atomic E-state index is 0.134. The highest BCUT2D eigenvalue weighted by Crippen LogP contribution is 2.22. The van der Waals surface area contributed by atoms with E-state index in [1.807, 2.05) is 37.3 Å². The molecule has 2 unspecified atom stereocenters. The largest absolute Gasteiger partial charge is 0.388 e. The molecule has 0 bridgehead atoms. The molecule has 5 nitrogen and oxygen atoms in total. The maximum absolute atomic E-state index is 11.7. The van der Waals surface area contributed by atoms with Crippen LogP contribution in [0.4, 0.5) is 5.82 Å². The molecule has 0 radical (unpaired) electrons. The van der Waals surface area contributed by atoms with Gasteiger partial charge >= 0.3 is 0 Å². The molecule has 2 rings (SSSR count). The fraction of sp³-hybridized carbons (Fsp3) is 0.312. The van der Waals surface area contributed by atoms with Crippen molar-refractivity contribution in [2.75, 3.05) is 11.6 Å². The van der Waals surface area contributed by atoms with Gasteiger partial charge in [0, 0.05) is 18.5 Å². The maximum Gasteiger partial charge on any atom is 0.179 e. The first-order valence-corrected chi connectivity index (χ1v) is 8.91. The summed E-state index contributed by atoms with van der Waals surface area (Å²) in [6.07, 6.45) is 2.52. The zero-order chi connectivity index (χ0) is 16.2. The van der Waals surface area contributed by atoms with Gasteiger partial charge in [0.05, 0.1) is 6.10 Å². The average molecular weight is 320 g/mol. The third-order valence-corrected chi connectivity index (χ3v) is 4.44. The van der Waals surface area contributed by atoms with E-state index >= 15 is 0 Å². The van der Waals surface area contributed by atoms with Crippen molar-refractivity contribution in [3.63, 3.8) is 0 Å². The molecule has 2 N–H and O–H groups in total. The lowest BCUT2D eigenvalue weighted by atomic mass is 10.0. The lowest BCUT2D eigenvalue weighted by molar-refractivity contribution is 0.162. The Bertz CT molecular complexity index is 717. The van der Waals surface area contributed by atoms with Gasteiger partial charge in [-0.25, -0.2) is 13.4 Å². The first-order valence-electron chi connectivity index (χ1n) is 7.02. The molecular weight excluding hydrogens is 300 g/mol. The summed E-state index contributed by atoms with van der Waals surface area (Å²) in [4.78, 5) is 4.26. The molecule has 0 aliphatic heterocycles.